The van der Waals surface area contributed by atoms with Gasteiger partial charge < -0.3 is 5.32 Å². The zero-order valence-corrected chi connectivity index (χ0v) is 8.32. The van der Waals surface area contributed by atoms with Gasteiger partial charge in [0.15, 0.2) is 0 Å². The Morgan fingerprint density at radius 2 is 2.29 bits per heavy atom. The average Bonchev–Trinajstić information content (AvgIpc) is 2.59. The second-order valence-corrected chi connectivity index (χ2v) is 4.66. The van der Waals surface area contributed by atoms with E-state index in [-0.39, 0.29) is 0 Å². The summed E-state index contributed by atoms with van der Waals surface area (Å²) in [7, 11) is 0. The van der Waals surface area contributed by atoms with Crippen molar-refractivity contribution in [1.82, 2.24) is 10.3 Å². The van der Waals surface area contributed by atoms with Crippen LogP contribution in [0, 0.1) is 5.92 Å². The summed E-state index contributed by atoms with van der Waals surface area (Å²) < 4.78 is 0. The van der Waals surface area contributed by atoms with Gasteiger partial charge in [-0.3, -0.25) is 4.98 Å². The number of nitrogens with zero attached hydrogens (tertiary/aromatic N) is 1. The largest absolute Gasteiger partial charge is 0.314 e. The minimum Gasteiger partial charge on any atom is -0.314 e. The van der Waals surface area contributed by atoms with Crippen LogP contribution in [0.1, 0.15) is 30.7 Å². The number of hydrogen-bond donors (Lipinski definition) is 1. The van der Waals surface area contributed by atoms with Crippen molar-refractivity contribution in [2.45, 2.75) is 31.2 Å². The molecule has 0 amide bonds. The maximum absolute atomic E-state index is 4.21. The molecule has 74 valence electrons. The molecule has 0 aromatic carbocycles. The molecule has 1 aliphatic carbocycles. The van der Waals surface area contributed by atoms with E-state index in [0.717, 1.165) is 17.9 Å². The van der Waals surface area contributed by atoms with Gasteiger partial charge in [-0.1, -0.05) is 6.07 Å². The van der Waals surface area contributed by atoms with E-state index >= 15 is 0 Å². The van der Waals surface area contributed by atoms with Crippen molar-refractivity contribution in [2.24, 2.45) is 5.92 Å². The van der Waals surface area contributed by atoms with E-state index in [0.29, 0.717) is 0 Å². The van der Waals surface area contributed by atoms with Crippen LogP contribution in [0.15, 0.2) is 24.5 Å². The van der Waals surface area contributed by atoms with Crippen LogP contribution in [-0.2, 0) is 0 Å². The highest BCUT2D eigenvalue weighted by Crippen LogP contribution is 2.38. The Labute approximate surface area is 84.7 Å². The molecule has 2 nitrogen and oxygen atoms in total. The lowest BCUT2D eigenvalue weighted by Crippen LogP contribution is -2.24. The van der Waals surface area contributed by atoms with Gasteiger partial charge in [0.2, 0.25) is 0 Å². The summed E-state index contributed by atoms with van der Waals surface area (Å²) in [4.78, 5) is 4.21. The summed E-state index contributed by atoms with van der Waals surface area (Å²) in [5.74, 6) is 1.67. The summed E-state index contributed by atoms with van der Waals surface area (Å²) in [6.07, 6.45) is 7.96. The SMILES string of the molecule is c1cncc(C2CC3CNC(C3)C2)c1. The van der Waals surface area contributed by atoms with Gasteiger partial charge in [-0.2, -0.15) is 0 Å². The Morgan fingerprint density at radius 1 is 1.29 bits per heavy atom. The third-order valence-electron chi connectivity index (χ3n) is 3.66. The first kappa shape index (κ1) is 8.42. The van der Waals surface area contributed by atoms with Gasteiger partial charge in [-0.15, -0.1) is 0 Å². The van der Waals surface area contributed by atoms with E-state index in [4.69, 9.17) is 0 Å². The third kappa shape index (κ3) is 1.44. The third-order valence-corrected chi connectivity index (χ3v) is 3.66. The second kappa shape index (κ2) is 3.35. The molecule has 2 heterocycles. The number of rotatable bonds is 1. The first-order chi connectivity index (χ1) is 6.92. The summed E-state index contributed by atoms with van der Waals surface area (Å²) in [5, 5.41) is 3.60. The maximum atomic E-state index is 4.21. The quantitative estimate of drug-likeness (QED) is 0.728. The molecule has 14 heavy (non-hydrogen) atoms. The number of aromatic nitrogens is 1. The fourth-order valence-corrected chi connectivity index (χ4v) is 2.99. The molecule has 3 atom stereocenters. The van der Waals surface area contributed by atoms with E-state index in [1.165, 1.54) is 31.4 Å². The fraction of sp³-hybridized carbons (Fsp3) is 0.583. The molecule has 2 heteroatoms. The molecule has 1 aromatic heterocycles. The maximum Gasteiger partial charge on any atom is 0.0302 e. The first-order valence-corrected chi connectivity index (χ1v) is 5.55. The number of nitrogens with one attached hydrogen (secondary N) is 1. The average molecular weight is 188 g/mol. The van der Waals surface area contributed by atoms with Gasteiger partial charge in [-0.05, 0) is 49.3 Å². The highest BCUT2D eigenvalue weighted by atomic mass is 15.0. The lowest BCUT2D eigenvalue weighted by atomic mass is 9.79. The van der Waals surface area contributed by atoms with Crippen LogP contribution in [0.25, 0.3) is 0 Å². The molecule has 0 radical (unpaired) electrons. The first-order valence-electron chi connectivity index (χ1n) is 5.55. The predicted molar refractivity (Wildman–Crippen MR) is 56.1 cm³/mol. The van der Waals surface area contributed by atoms with Crippen molar-refractivity contribution in [3.05, 3.63) is 30.1 Å². The summed E-state index contributed by atoms with van der Waals surface area (Å²) in [5.41, 5.74) is 1.44. The second-order valence-electron chi connectivity index (χ2n) is 4.66. The normalized spacial score (nSPS) is 35.9. The Kier molecular flexibility index (Phi) is 2.02. The van der Waals surface area contributed by atoms with E-state index in [1.807, 2.05) is 12.4 Å². The van der Waals surface area contributed by atoms with Crippen molar-refractivity contribution < 1.29 is 0 Å². The molecular weight excluding hydrogens is 172 g/mol. The van der Waals surface area contributed by atoms with Crippen LogP contribution in [0.3, 0.4) is 0 Å². The molecule has 3 rings (SSSR count). The summed E-state index contributed by atoms with van der Waals surface area (Å²) in [6.45, 7) is 1.24. The van der Waals surface area contributed by atoms with E-state index in [2.05, 4.69) is 22.4 Å². The van der Waals surface area contributed by atoms with Gasteiger partial charge in [0, 0.05) is 18.4 Å². The van der Waals surface area contributed by atoms with Crippen molar-refractivity contribution in [2.75, 3.05) is 6.54 Å². The smallest absolute Gasteiger partial charge is 0.0302 e. The van der Waals surface area contributed by atoms with Gasteiger partial charge in [0.1, 0.15) is 0 Å². The minimum atomic E-state index is 0.752. The van der Waals surface area contributed by atoms with E-state index in [9.17, 15) is 0 Å². The van der Waals surface area contributed by atoms with Crippen molar-refractivity contribution in [3.63, 3.8) is 0 Å². The summed E-state index contributed by atoms with van der Waals surface area (Å²) in [6, 6.07) is 5.06. The van der Waals surface area contributed by atoms with Crippen molar-refractivity contribution in [3.8, 4) is 0 Å². The molecule has 1 N–H and O–H groups in total. The predicted octanol–water partition coefficient (Wildman–Crippen LogP) is 1.94. The highest BCUT2D eigenvalue weighted by Gasteiger charge is 2.34. The van der Waals surface area contributed by atoms with E-state index in [1.54, 1.807) is 0 Å². The summed E-state index contributed by atoms with van der Waals surface area (Å²) >= 11 is 0. The Balaban J connectivity index is 1.81. The van der Waals surface area contributed by atoms with Gasteiger partial charge >= 0.3 is 0 Å². The fourth-order valence-electron chi connectivity index (χ4n) is 2.99. The molecule has 2 aliphatic rings. The number of fused-ring (bicyclic) bond motifs is 2. The number of pyridine rings is 1. The topological polar surface area (TPSA) is 24.9 Å². The minimum absolute atomic E-state index is 0.752. The number of hydrogen-bond acceptors (Lipinski definition) is 2. The zero-order chi connectivity index (χ0) is 9.38. The molecule has 3 unspecified atom stereocenters. The van der Waals surface area contributed by atoms with Crippen LogP contribution >= 0.6 is 0 Å². The Morgan fingerprint density at radius 3 is 3.07 bits per heavy atom. The van der Waals surface area contributed by atoms with Crippen LogP contribution in [-0.4, -0.2) is 17.6 Å². The van der Waals surface area contributed by atoms with Gasteiger partial charge in [0.25, 0.3) is 0 Å². The van der Waals surface area contributed by atoms with Crippen LogP contribution in [0.2, 0.25) is 0 Å². The Bertz CT molecular complexity index is 297. The molecule has 1 aliphatic heterocycles. The monoisotopic (exact) mass is 188 g/mol. The molecule has 1 saturated heterocycles. The zero-order valence-electron chi connectivity index (χ0n) is 8.32. The molecular formula is C12H16N2. The lowest BCUT2D eigenvalue weighted by molar-refractivity contribution is 0.364. The van der Waals surface area contributed by atoms with Gasteiger partial charge in [-0.25, -0.2) is 0 Å². The Hall–Kier alpha value is -0.890. The highest BCUT2D eigenvalue weighted by molar-refractivity contribution is 5.17. The molecule has 1 aromatic rings. The molecule has 2 bridgehead atoms. The van der Waals surface area contributed by atoms with Crippen molar-refractivity contribution in [1.29, 1.82) is 0 Å². The molecule has 2 fully saturated rings. The van der Waals surface area contributed by atoms with Crippen LogP contribution in [0.5, 0.6) is 0 Å². The van der Waals surface area contributed by atoms with Crippen molar-refractivity contribution >= 4 is 0 Å². The molecule has 1 saturated carbocycles. The standard InChI is InChI=1S/C12H16N2/c1-2-10(8-13-3-1)11-4-9-5-12(6-11)14-7-9/h1-3,8-9,11-12,14H,4-7H2. The lowest BCUT2D eigenvalue weighted by Gasteiger charge is -2.26. The molecule has 0 spiro atoms. The van der Waals surface area contributed by atoms with E-state index < -0.39 is 0 Å². The van der Waals surface area contributed by atoms with Crippen LogP contribution < -0.4 is 5.32 Å². The van der Waals surface area contributed by atoms with Crippen LogP contribution in [0.4, 0.5) is 0 Å². The van der Waals surface area contributed by atoms with Gasteiger partial charge in [0.05, 0.1) is 0 Å².